The summed E-state index contributed by atoms with van der Waals surface area (Å²) in [5.74, 6) is -6.40. The topological polar surface area (TPSA) is 427 Å². The number of fused-ring (bicyclic) bond motifs is 6. The Morgan fingerprint density at radius 3 is 1.15 bits per heavy atom. The number of esters is 6. The summed E-state index contributed by atoms with van der Waals surface area (Å²) >= 11 is -0.860. The van der Waals surface area contributed by atoms with E-state index < -0.39 is 161 Å². The van der Waals surface area contributed by atoms with Gasteiger partial charge >= 0.3 is 46.3 Å². The highest BCUT2D eigenvalue weighted by Crippen LogP contribution is 2.66. The molecule has 31 nitrogen and oxygen atoms in total. The smallest absolute Gasteiger partial charge is 0.428 e. The molecule has 8 bridgehead atoms. The molecule has 1 aromatic heterocycles. The van der Waals surface area contributed by atoms with Crippen LogP contribution in [0.3, 0.4) is 0 Å². The molecule has 14 atom stereocenters. The lowest BCUT2D eigenvalue weighted by atomic mass is 9.70. The zero-order valence-corrected chi connectivity index (χ0v) is 79.5. The zero-order valence-electron chi connectivity index (χ0n) is 73.0. The van der Waals surface area contributed by atoms with Crippen molar-refractivity contribution in [1.82, 2.24) is 4.98 Å². The van der Waals surface area contributed by atoms with Crippen LogP contribution in [-0.2, 0) is 146 Å². The van der Waals surface area contributed by atoms with Gasteiger partial charge in [-0.2, -0.15) is 38.7 Å². The van der Waals surface area contributed by atoms with Gasteiger partial charge in [0.25, 0.3) is 20.2 Å². The van der Waals surface area contributed by atoms with Crippen LogP contribution in [0.5, 0.6) is 11.5 Å². The third-order valence-corrected chi connectivity index (χ3v) is 34.3. The molecular formula is C91H97BrF4NO30S6-. The summed E-state index contributed by atoms with van der Waals surface area (Å²) in [4.78, 5) is 107. The normalized spacial score (nSPS) is 25.4. The number of ketones is 2. The number of aryl methyl sites for hydroxylation is 4. The molecule has 7 heterocycles. The van der Waals surface area contributed by atoms with Gasteiger partial charge in [0.2, 0.25) is 0 Å². The Labute approximate surface area is 786 Å². The van der Waals surface area contributed by atoms with Gasteiger partial charge in [-0.05, 0) is 172 Å². The maximum absolute atomic E-state index is 13.1. The van der Waals surface area contributed by atoms with Crippen molar-refractivity contribution in [3.05, 3.63) is 198 Å². The Kier molecular flexibility index (Phi) is 32.8. The first-order chi connectivity index (χ1) is 62.4. The summed E-state index contributed by atoms with van der Waals surface area (Å²) in [5, 5.41) is 2.69. The number of benzene rings is 6. The number of ether oxygens (including phenoxy) is 10. The Balaban J connectivity index is 0.000000157. The van der Waals surface area contributed by atoms with Gasteiger partial charge in [-0.15, -0.1) is 0 Å². The summed E-state index contributed by atoms with van der Waals surface area (Å²) in [6, 6.07) is 56.2. The van der Waals surface area contributed by atoms with E-state index in [9.17, 15) is 91.0 Å². The third-order valence-electron chi connectivity index (χ3n) is 25.8. The van der Waals surface area contributed by atoms with Gasteiger partial charge in [0.1, 0.15) is 73.7 Å². The number of pyridine rings is 1. The van der Waals surface area contributed by atoms with Crippen molar-refractivity contribution in [3.8, 4) is 11.5 Å². The molecule has 718 valence electrons. The highest BCUT2D eigenvalue weighted by molar-refractivity contribution is 7.97. The average molecular weight is 2030 g/mol. The number of Topliss-reactive ketones (excluding diaryl/α,β-unsaturated/α-hetero) is 2. The molecule has 6 aliphatic heterocycles. The number of hydrogen-bond donors (Lipinski definition) is 0. The number of alkyl halides is 4. The molecule has 14 unspecified atom stereocenters. The number of carbonyl (C=O) groups excluding carboxylic acids is 8. The minimum atomic E-state index is -6.26. The minimum Gasteiger partial charge on any atom is -1.00 e. The van der Waals surface area contributed by atoms with Crippen LogP contribution in [0, 0.1) is 73.0 Å². The number of carbonyl (C=O) groups is 8. The minimum absolute atomic E-state index is 0. The summed E-state index contributed by atoms with van der Waals surface area (Å²) < 4.78 is 198. The van der Waals surface area contributed by atoms with E-state index in [-0.39, 0.29) is 124 Å². The molecule has 6 saturated heterocycles. The molecular weight excluding hydrogens is 1940 g/mol. The zero-order chi connectivity index (χ0) is 95.3. The molecule has 0 spiro atoms. The molecule has 133 heavy (non-hydrogen) atoms. The van der Waals surface area contributed by atoms with Crippen molar-refractivity contribution < 1.29 is 173 Å². The van der Waals surface area contributed by atoms with Crippen LogP contribution in [0.15, 0.2) is 206 Å². The first kappa shape index (κ1) is 103. The Morgan fingerprint density at radius 2 is 0.850 bits per heavy atom. The highest BCUT2D eigenvalue weighted by Gasteiger charge is 2.69. The van der Waals surface area contributed by atoms with Crippen LogP contribution in [0.4, 0.5) is 17.6 Å². The predicted molar refractivity (Wildman–Crippen MR) is 458 cm³/mol. The number of aromatic nitrogens is 1. The second kappa shape index (κ2) is 42.3. The van der Waals surface area contributed by atoms with E-state index in [1.807, 2.05) is 97.9 Å². The van der Waals surface area contributed by atoms with Crippen LogP contribution < -0.4 is 31.7 Å². The van der Waals surface area contributed by atoms with Crippen LogP contribution in [0.25, 0.3) is 0 Å². The van der Waals surface area contributed by atoms with Gasteiger partial charge in [0.05, 0.1) is 68.2 Å². The van der Waals surface area contributed by atoms with E-state index in [1.165, 1.54) is 29.4 Å². The standard InChI is InChI=1S/2C29H27O6S.2C14H20F2O9S2.C5H5N.BrH/c2*1-17-13-21(36(19-9-5-3-6-10-19)20-11-7-4-8-12-20)14-18(2)25(17)32-16-24(30)34-27-23-15-22-26(33-23)28(27)35-29(22)31;1-12(2)9-3-4-13(12,10(17)7-9)8-26(19,20)25-6-5-24-11(18)14(15,16)27(21,22)23;1-12(2)9-3-4-13(12,10(17)7-9)8-27(20,21)23-6-5-22-11(18)14(15,16)26-25-24-19;1-2-4-6-5-3-1;/h2*3-14,22-23,26-28H,15-16H2,1-2H3;9H,3-8H2,1-2H3,(H,21,22,23);9,19H,3-8H2,1-2H3;1-5H;1H/q2*+1;;;;/p-3. The molecule has 4 aliphatic carbocycles. The highest BCUT2D eigenvalue weighted by atomic mass is 79.9. The largest absolute Gasteiger partial charge is 1.00 e. The Hall–Kier alpha value is -8.99. The second-order valence-electron chi connectivity index (χ2n) is 34.3. The number of nitrogens with zero attached hydrogens (tertiary/aromatic N) is 1. The van der Waals surface area contributed by atoms with Crippen molar-refractivity contribution in [1.29, 1.82) is 0 Å². The van der Waals surface area contributed by atoms with Gasteiger partial charge in [0, 0.05) is 49.5 Å². The van der Waals surface area contributed by atoms with Crippen LogP contribution in [-0.4, -0.2) is 193 Å². The number of hydrogen-bond acceptors (Lipinski definition) is 32. The second-order valence-corrected chi connectivity index (χ2v) is 43.8. The Bertz CT molecular complexity index is 5400. The maximum Gasteiger partial charge on any atom is 0.428 e. The molecule has 0 radical (unpaired) electrons. The molecule has 6 aromatic carbocycles. The average Bonchev–Trinajstić information content (AvgIpc) is 1.49. The van der Waals surface area contributed by atoms with Crippen LogP contribution >= 0.6 is 12.0 Å². The van der Waals surface area contributed by atoms with Gasteiger partial charge in [-0.1, -0.05) is 107 Å². The molecule has 7 aromatic rings. The van der Waals surface area contributed by atoms with Gasteiger partial charge < -0.3 is 74.2 Å². The van der Waals surface area contributed by atoms with Crippen LogP contribution in [0.1, 0.15) is 101 Å². The fourth-order valence-corrected chi connectivity index (χ4v) is 27.5. The van der Waals surface area contributed by atoms with Crippen molar-refractivity contribution >= 4 is 112 Å². The number of rotatable bonds is 32. The summed E-state index contributed by atoms with van der Waals surface area (Å²) in [7, 11) is -15.2. The quantitative estimate of drug-likeness (QED) is 0.00367. The fourth-order valence-electron chi connectivity index (χ4n) is 19.1. The monoisotopic (exact) mass is 2030 g/mol. The Morgan fingerprint density at radius 1 is 0.504 bits per heavy atom. The fraction of sp³-hybridized carbons (Fsp3) is 0.462. The van der Waals surface area contributed by atoms with Gasteiger partial charge in [0.15, 0.2) is 77.1 Å². The lowest BCUT2D eigenvalue weighted by Gasteiger charge is -2.35. The van der Waals surface area contributed by atoms with Crippen molar-refractivity contribution in [3.63, 3.8) is 0 Å². The lowest BCUT2D eigenvalue weighted by molar-refractivity contribution is -0.777. The summed E-state index contributed by atoms with van der Waals surface area (Å²) in [6.07, 6.45) is 4.28. The van der Waals surface area contributed by atoms with E-state index in [1.54, 1.807) is 12.4 Å². The first-order valence-electron chi connectivity index (χ1n) is 42.1. The molecule has 4 saturated carbocycles. The molecule has 42 heteroatoms. The molecule has 10 aliphatic rings. The van der Waals surface area contributed by atoms with E-state index in [2.05, 4.69) is 149 Å². The maximum atomic E-state index is 13.1. The number of halogens is 5. The van der Waals surface area contributed by atoms with E-state index >= 15 is 0 Å². The van der Waals surface area contributed by atoms with E-state index in [4.69, 9.17) is 42.1 Å². The predicted octanol–water partition coefficient (Wildman–Crippen LogP) is 8.04. The first-order valence-corrected chi connectivity index (χ1v) is 49.8. The van der Waals surface area contributed by atoms with Crippen molar-refractivity contribution in [2.75, 3.05) is 51.1 Å². The van der Waals surface area contributed by atoms with Gasteiger partial charge in [-0.3, -0.25) is 37.6 Å². The molecule has 10 fully saturated rings. The van der Waals surface area contributed by atoms with Crippen molar-refractivity contribution in [2.24, 2.45) is 45.3 Å². The van der Waals surface area contributed by atoms with Crippen LogP contribution in [0.2, 0.25) is 0 Å². The molecule has 0 N–H and O–H groups in total. The molecule has 17 rings (SSSR count). The van der Waals surface area contributed by atoms with Gasteiger partial charge in [-0.25, -0.2) is 27.6 Å². The summed E-state index contributed by atoms with van der Waals surface area (Å²) in [6.45, 7) is 11.6. The van der Waals surface area contributed by atoms with E-state index in [0.29, 0.717) is 56.4 Å². The third kappa shape index (κ3) is 22.5. The summed E-state index contributed by atoms with van der Waals surface area (Å²) in [5.41, 5.74) is 0.712. The van der Waals surface area contributed by atoms with E-state index in [0.717, 1.165) is 28.7 Å². The molecule has 0 amide bonds. The SMILES string of the molecule is CC1(C)C2CCC1(CS(=O)(=O)OCCOC(=O)C(F)(F)S(=O)(=O)[O-])C(=O)C2.CC1(C)C2CCC1(CS(=O)(=O)OCCOC(=O)C(F)(F)SOO[O-])C(=O)C2.Cc1cc([S+](c2ccccc2)c2ccccc2)cc(C)c1OCC(=O)OC1C2CC3C(=O)OC1C3O2.Cc1cc([S+](c2ccccc2)c2ccccc2)cc(C)c1OCC(=O)OC1C2CC3C(=O)OC1C3O2.[Br-].c1ccncc1. The lowest BCUT2D eigenvalue weighted by Crippen LogP contribution is -3.00. The van der Waals surface area contributed by atoms with Crippen molar-refractivity contribution in [2.45, 2.75) is 195 Å².